The van der Waals surface area contributed by atoms with Crippen LogP contribution in [-0.4, -0.2) is 61.1 Å². The smallest absolute Gasteiger partial charge is 0.338 e. The molecule has 0 amide bonds. The van der Waals surface area contributed by atoms with E-state index in [9.17, 15) is 21.6 Å². The van der Waals surface area contributed by atoms with E-state index in [0.29, 0.717) is 0 Å². The van der Waals surface area contributed by atoms with Gasteiger partial charge in [0, 0.05) is 7.11 Å². The fourth-order valence-corrected chi connectivity index (χ4v) is 6.04. The standard InChI is InChI=1S/C27H28O10S2/c1-18-9-13-21(14-10-18)38(29,30)36-24-23(35-26(28)20-7-5-4-6-8-20)17-34-27(33-3)25(24)37-39(31,32)22-15-11-19(2)12-16-22/h4-16,23-25,27H,17H2,1-3H3/t23-,24-,25+,27+/m0/s1. The summed E-state index contributed by atoms with van der Waals surface area (Å²) in [5.74, 6) is -0.790. The summed E-state index contributed by atoms with van der Waals surface area (Å²) >= 11 is 0. The Labute approximate surface area is 227 Å². The average molecular weight is 577 g/mol. The predicted octanol–water partition coefficient (Wildman–Crippen LogP) is 3.38. The van der Waals surface area contributed by atoms with Crippen molar-refractivity contribution in [3.63, 3.8) is 0 Å². The Hall–Kier alpha value is -3.13. The summed E-state index contributed by atoms with van der Waals surface area (Å²) in [4.78, 5) is 12.5. The van der Waals surface area contributed by atoms with E-state index in [1.54, 1.807) is 56.3 Å². The number of hydrogen-bond acceptors (Lipinski definition) is 10. The lowest BCUT2D eigenvalue weighted by Crippen LogP contribution is -2.58. The Kier molecular flexibility index (Phi) is 8.84. The molecule has 39 heavy (non-hydrogen) atoms. The van der Waals surface area contributed by atoms with Crippen molar-refractivity contribution >= 4 is 26.2 Å². The van der Waals surface area contributed by atoms with Crippen LogP contribution in [0.4, 0.5) is 0 Å². The van der Waals surface area contributed by atoms with Crippen LogP contribution in [0.15, 0.2) is 88.7 Å². The van der Waals surface area contributed by atoms with Crippen molar-refractivity contribution < 1.29 is 44.2 Å². The maximum Gasteiger partial charge on any atom is 0.338 e. The van der Waals surface area contributed by atoms with Gasteiger partial charge in [0.2, 0.25) is 0 Å². The highest BCUT2D eigenvalue weighted by Gasteiger charge is 2.49. The van der Waals surface area contributed by atoms with Crippen LogP contribution >= 0.6 is 0 Å². The first kappa shape index (κ1) is 28.9. The van der Waals surface area contributed by atoms with Gasteiger partial charge in [-0.25, -0.2) is 4.79 Å². The minimum atomic E-state index is -4.48. The second kappa shape index (κ2) is 11.9. The first-order valence-electron chi connectivity index (χ1n) is 11.9. The van der Waals surface area contributed by atoms with E-state index < -0.39 is 50.8 Å². The molecule has 0 unspecified atom stereocenters. The lowest BCUT2D eigenvalue weighted by atomic mass is 10.1. The van der Waals surface area contributed by atoms with E-state index in [0.717, 1.165) is 11.1 Å². The molecule has 12 heteroatoms. The monoisotopic (exact) mass is 576 g/mol. The van der Waals surface area contributed by atoms with Crippen LogP contribution in [0, 0.1) is 13.8 Å². The van der Waals surface area contributed by atoms with Gasteiger partial charge in [-0.1, -0.05) is 53.6 Å². The Morgan fingerprint density at radius 3 is 1.72 bits per heavy atom. The Bertz CT molecular complexity index is 1490. The van der Waals surface area contributed by atoms with Crippen LogP contribution in [0.2, 0.25) is 0 Å². The average Bonchev–Trinajstić information content (AvgIpc) is 2.91. The number of carbonyl (C=O) groups is 1. The SMILES string of the molecule is CO[C@@H]1OC[C@H](OC(=O)c2ccccc2)[C@H](OS(=O)(=O)c2ccc(C)cc2)[C@H]1OS(=O)(=O)c1ccc(C)cc1. The Morgan fingerprint density at radius 2 is 1.23 bits per heavy atom. The molecule has 1 heterocycles. The molecule has 0 bridgehead atoms. The van der Waals surface area contributed by atoms with Crippen LogP contribution in [0.3, 0.4) is 0 Å². The summed E-state index contributed by atoms with van der Waals surface area (Å²) in [6.45, 7) is 3.23. The fourth-order valence-electron chi connectivity index (χ4n) is 3.86. The third-order valence-electron chi connectivity index (χ3n) is 5.98. The first-order chi connectivity index (χ1) is 18.5. The zero-order valence-electron chi connectivity index (χ0n) is 21.4. The highest BCUT2D eigenvalue weighted by atomic mass is 32.2. The molecule has 208 valence electrons. The van der Waals surface area contributed by atoms with Gasteiger partial charge in [-0.05, 0) is 50.2 Å². The van der Waals surface area contributed by atoms with Crippen LogP contribution in [-0.2, 0) is 42.8 Å². The quantitative estimate of drug-likeness (QED) is 0.276. The summed E-state index contributed by atoms with van der Waals surface area (Å²) in [6.07, 6.45) is -6.05. The van der Waals surface area contributed by atoms with Crippen molar-refractivity contribution in [2.24, 2.45) is 0 Å². The largest absolute Gasteiger partial charge is 0.453 e. The number of carbonyl (C=O) groups excluding carboxylic acids is 1. The van der Waals surface area contributed by atoms with Gasteiger partial charge in [-0.15, -0.1) is 0 Å². The number of rotatable bonds is 9. The molecule has 0 radical (unpaired) electrons. The van der Waals surface area contributed by atoms with Gasteiger partial charge >= 0.3 is 5.97 Å². The number of hydrogen-bond donors (Lipinski definition) is 0. The Morgan fingerprint density at radius 1 is 0.744 bits per heavy atom. The second-order valence-electron chi connectivity index (χ2n) is 8.90. The lowest BCUT2D eigenvalue weighted by molar-refractivity contribution is -0.248. The van der Waals surface area contributed by atoms with Crippen molar-refractivity contribution in [2.75, 3.05) is 13.7 Å². The molecule has 0 aliphatic carbocycles. The second-order valence-corrected chi connectivity index (χ2v) is 12.0. The Balaban J connectivity index is 1.71. The zero-order valence-corrected chi connectivity index (χ0v) is 23.1. The van der Waals surface area contributed by atoms with Crippen LogP contribution in [0.5, 0.6) is 0 Å². The van der Waals surface area contributed by atoms with E-state index in [1.807, 2.05) is 0 Å². The molecule has 1 aliphatic heterocycles. The highest BCUT2D eigenvalue weighted by molar-refractivity contribution is 7.87. The number of ether oxygens (including phenoxy) is 3. The van der Waals surface area contributed by atoms with Crippen molar-refractivity contribution in [3.8, 4) is 0 Å². The molecule has 1 saturated heterocycles. The van der Waals surface area contributed by atoms with Gasteiger partial charge < -0.3 is 14.2 Å². The molecular weight excluding hydrogens is 548 g/mol. The zero-order chi connectivity index (χ0) is 28.2. The van der Waals surface area contributed by atoms with E-state index in [1.165, 1.54) is 43.5 Å². The number of esters is 1. The van der Waals surface area contributed by atoms with Gasteiger partial charge in [-0.3, -0.25) is 8.37 Å². The fraction of sp³-hybridized carbons (Fsp3) is 0.296. The molecule has 0 saturated carbocycles. The maximum atomic E-state index is 13.3. The summed E-state index contributed by atoms with van der Waals surface area (Å²) in [7, 11) is -7.70. The van der Waals surface area contributed by atoms with Gasteiger partial charge in [0.1, 0.15) is 6.10 Å². The summed E-state index contributed by atoms with van der Waals surface area (Å²) < 4.78 is 80.4. The number of methoxy groups -OCH3 is 1. The van der Waals surface area contributed by atoms with E-state index >= 15 is 0 Å². The normalized spacial score (nSPS) is 21.8. The minimum absolute atomic E-state index is 0.175. The number of aryl methyl sites for hydroxylation is 2. The van der Waals surface area contributed by atoms with Crippen molar-refractivity contribution in [3.05, 3.63) is 95.6 Å². The molecular formula is C27H28O10S2. The summed E-state index contributed by atoms with van der Waals surface area (Å²) in [5.41, 5.74) is 1.83. The van der Waals surface area contributed by atoms with Gasteiger partial charge in [0.15, 0.2) is 18.5 Å². The van der Waals surface area contributed by atoms with Gasteiger partial charge in [-0.2, -0.15) is 16.8 Å². The van der Waals surface area contributed by atoms with E-state index in [4.69, 9.17) is 22.6 Å². The third-order valence-corrected chi connectivity index (χ3v) is 8.63. The van der Waals surface area contributed by atoms with Gasteiger partial charge in [0.05, 0.1) is 22.0 Å². The molecule has 4 atom stereocenters. The summed E-state index contributed by atoms with van der Waals surface area (Å²) in [6, 6.07) is 19.7. The first-order valence-corrected chi connectivity index (χ1v) is 14.7. The van der Waals surface area contributed by atoms with Crippen molar-refractivity contribution in [1.82, 2.24) is 0 Å². The maximum absolute atomic E-state index is 13.3. The molecule has 1 fully saturated rings. The molecule has 0 spiro atoms. The molecule has 10 nitrogen and oxygen atoms in total. The van der Waals surface area contributed by atoms with Crippen LogP contribution in [0.1, 0.15) is 21.5 Å². The molecule has 3 aromatic carbocycles. The topological polar surface area (TPSA) is 132 Å². The molecule has 0 N–H and O–H groups in total. The predicted molar refractivity (Wildman–Crippen MR) is 139 cm³/mol. The highest BCUT2D eigenvalue weighted by Crippen LogP contribution is 2.31. The lowest BCUT2D eigenvalue weighted by Gasteiger charge is -2.39. The van der Waals surface area contributed by atoms with Gasteiger partial charge in [0.25, 0.3) is 20.2 Å². The minimum Gasteiger partial charge on any atom is -0.453 e. The molecule has 3 aromatic rings. The van der Waals surface area contributed by atoms with Crippen molar-refractivity contribution in [1.29, 1.82) is 0 Å². The van der Waals surface area contributed by atoms with Crippen LogP contribution in [0.25, 0.3) is 0 Å². The third kappa shape index (κ3) is 6.90. The number of benzene rings is 3. The molecule has 0 aromatic heterocycles. The molecule has 1 aliphatic rings. The van der Waals surface area contributed by atoms with Crippen molar-refractivity contribution in [2.45, 2.75) is 48.2 Å². The summed E-state index contributed by atoms with van der Waals surface area (Å²) in [5, 5.41) is 0. The molecule has 4 rings (SSSR count). The van der Waals surface area contributed by atoms with E-state index in [2.05, 4.69) is 0 Å². The van der Waals surface area contributed by atoms with E-state index in [-0.39, 0.29) is 22.0 Å². The van der Waals surface area contributed by atoms with Crippen LogP contribution < -0.4 is 0 Å².